The van der Waals surface area contributed by atoms with Crippen molar-refractivity contribution in [3.63, 3.8) is 0 Å². The number of fused-ring (bicyclic) bond motifs is 1. The van der Waals surface area contributed by atoms with Crippen molar-refractivity contribution in [3.8, 4) is 0 Å². The Kier molecular flexibility index (Phi) is 3.19. The molecule has 0 bridgehead atoms. The van der Waals surface area contributed by atoms with Crippen molar-refractivity contribution in [1.82, 2.24) is 4.90 Å². The molecule has 0 N–H and O–H groups in total. The van der Waals surface area contributed by atoms with Gasteiger partial charge in [0.2, 0.25) is 5.91 Å². The van der Waals surface area contributed by atoms with Gasteiger partial charge in [-0.25, -0.2) is 4.79 Å². The second-order valence-electron chi connectivity index (χ2n) is 3.87. The first-order chi connectivity index (χ1) is 7.24. The summed E-state index contributed by atoms with van der Waals surface area (Å²) >= 11 is 1.70. The molecule has 2 unspecified atom stereocenters. The lowest BCUT2D eigenvalue weighted by molar-refractivity contribution is -0.151. The molecule has 0 spiro atoms. The van der Waals surface area contributed by atoms with E-state index in [0.717, 1.165) is 19.3 Å². The maximum atomic E-state index is 11.8. The summed E-state index contributed by atoms with van der Waals surface area (Å²) < 4.78 is 4.73. The number of hydrogen-bond donors (Lipinski definition) is 0. The third kappa shape index (κ3) is 1.97. The second-order valence-corrected chi connectivity index (χ2v) is 5.08. The fraction of sp³-hybridized carbons (Fsp3) is 0.800. The second kappa shape index (κ2) is 4.43. The maximum absolute atomic E-state index is 11.8. The van der Waals surface area contributed by atoms with Crippen LogP contribution in [-0.2, 0) is 14.3 Å². The smallest absolute Gasteiger partial charge is 0.329 e. The molecule has 84 valence electrons. The summed E-state index contributed by atoms with van der Waals surface area (Å²) in [5, 5.41) is 0.198. The molecule has 2 saturated heterocycles. The molecular formula is C10H15NO3S. The Balaban J connectivity index is 2.16. The third-order valence-electron chi connectivity index (χ3n) is 2.95. The van der Waals surface area contributed by atoms with Gasteiger partial charge in [0.15, 0.2) is 0 Å². The van der Waals surface area contributed by atoms with Crippen molar-refractivity contribution in [2.75, 3.05) is 12.9 Å². The van der Waals surface area contributed by atoms with Crippen LogP contribution in [0.4, 0.5) is 0 Å². The van der Waals surface area contributed by atoms with Crippen molar-refractivity contribution in [1.29, 1.82) is 0 Å². The van der Waals surface area contributed by atoms with E-state index in [2.05, 4.69) is 0 Å². The molecule has 0 aromatic carbocycles. The van der Waals surface area contributed by atoms with Gasteiger partial charge in [-0.1, -0.05) is 6.42 Å². The van der Waals surface area contributed by atoms with Crippen LogP contribution in [0.1, 0.15) is 25.7 Å². The highest BCUT2D eigenvalue weighted by atomic mass is 32.2. The average Bonchev–Trinajstić information content (AvgIpc) is 2.58. The summed E-state index contributed by atoms with van der Waals surface area (Å²) in [6.45, 7) is 0. The van der Waals surface area contributed by atoms with Gasteiger partial charge in [-0.2, -0.15) is 0 Å². The number of hydrogen-bond acceptors (Lipinski definition) is 4. The molecule has 0 saturated carbocycles. The number of carbonyl (C=O) groups is 2. The zero-order valence-corrected chi connectivity index (χ0v) is 9.59. The van der Waals surface area contributed by atoms with Crippen LogP contribution in [0.15, 0.2) is 0 Å². The van der Waals surface area contributed by atoms with E-state index < -0.39 is 0 Å². The lowest BCUT2D eigenvalue weighted by Crippen LogP contribution is -2.45. The first-order valence-electron chi connectivity index (χ1n) is 5.24. The first-order valence-corrected chi connectivity index (χ1v) is 6.29. The van der Waals surface area contributed by atoms with Crippen molar-refractivity contribution >= 4 is 23.6 Å². The van der Waals surface area contributed by atoms with Gasteiger partial charge in [0.1, 0.15) is 6.04 Å². The Bertz CT molecular complexity index is 282. The molecule has 0 aliphatic carbocycles. The minimum atomic E-state index is -0.351. The van der Waals surface area contributed by atoms with Gasteiger partial charge in [0, 0.05) is 12.2 Å². The molecular weight excluding hydrogens is 214 g/mol. The standard InChI is InChI=1S/C10H15NO3S/c1-14-10(13)7-6-15-9-5-3-2-4-8(12)11(7)9/h7,9H,2-6H2,1H3. The van der Waals surface area contributed by atoms with Crippen LogP contribution < -0.4 is 0 Å². The van der Waals surface area contributed by atoms with Gasteiger partial charge < -0.3 is 9.64 Å². The Morgan fingerprint density at radius 2 is 2.33 bits per heavy atom. The van der Waals surface area contributed by atoms with Crippen LogP contribution in [0.3, 0.4) is 0 Å². The summed E-state index contributed by atoms with van der Waals surface area (Å²) in [4.78, 5) is 25.1. The number of rotatable bonds is 1. The third-order valence-corrected chi connectivity index (χ3v) is 4.30. The molecule has 5 heteroatoms. The van der Waals surface area contributed by atoms with Gasteiger partial charge in [0.05, 0.1) is 12.5 Å². The average molecular weight is 229 g/mol. The molecule has 2 aliphatic heterocycles. The minimum Gasteiger partial charge on any atom is -0.467 e. The molecule has 1 amide bonds. The normalized spacial score (nSPS) is 31.0. The molecule has 2 fully saturated rings. The van der Waals surface area contributed by atoms with Crippen LogP contribution >= 0.6 is 11.8 Å². The largest absolute Gasteiger partial charge is 0.467 e. The van der Waals surface area contributed by atoms with Gasteiger partial charge in [-0.3, -0.25) is 4.79 Å². The molecule has 2 heterocycles. The molecule has 2 rings (SSSR count). The van der Waals surface area contributed by atoms with E-state index in [-0.39, 0.29) is 23.3 Å². The Morgan fingerprint density at radius 1 is 1.53 bits per heavy atom. The number of methoxy groups -OCH3 is 1. The zero-order chi connectivity index (χ0) is 10.8. The number of thioether (sulfide) groups is 1. The molecule has 0 aromatic heterocycles. The fourth-order valence-corrected chi connectivity index (χ4v) is 3.62. The topological polar surface area (TPSA) is 46.6 Å². The summed E-state index contributed by atoms with van der Waals surface area (Å²) in [5.41, 5.74) is 0. The zero-order valence-electron chi connectivity index (χ0n) is 8.77. The van der Waals surface area contributed by atoms with Crippen molar-refractivity contribution < 1.29 is 14.3 Å². The van der Waals surface area contributed by atoms with E-state index in [1.54, 1.807) is 16.7 Å². The van der Waals surface area contributed by atoms with Gasteiger partial charge in [-0.15, -0.1) is 11.8 Å². The van der Waals surface area contributed by atoms with Crippen molar-refractivity contribution in [2.45, 2.75) is 37.1 Å². The lowest BCUT2D eigenvalue weighted by atomic mass is 10.2. The fourth-order valence-electron chi connectivity index (χ4n) is 2.16. The van der Waals surface area contributed by atoms with E-state index in [1.165, 1.54) is 7.11 Å². The minimum absolute atomic E-state index is 0.109. The number of esters is 1. The molecule has 2 aliphatic rings. The molecule has 0 aromatic rings. The van der Waals surface area contributed by atoms with Crippen molar-refractivity contribution in [2.24, 2.45) is 0 Å². The number of amides is 1. The predicted octanol–water partition coefficient (Wildman–Crippen LogP) is 1.00. The van der Waals surface area contributed by atoms with Crippen LogP contribution in [0, 0.1) is 0 Å². The highest BCUT2D eigenvalue weighted by Crippen LogP contribution is 2.35. The molecule has 0 radical (unpaired) electrons. The Labute approximate surface area is 93.3 Å². The quantitative estimate of drug-likeness (QED) is 0.629. The predicted molar refractivity (Wildman–Crippen MR) is 57.4 cm³/mol. The highest BCUT2D eigenvalue weighted by molar-refractivity contribution is 8.00. The SMILES string of the molecule is COC(=O)C1CSC2CCCCC(=O)N21. The lowest BCUT2D eigenvalue weighted by Gasteiger charge is -2.25. The van der Waals surface area contributed by atoms with Gasteiger partial charge in [-0.05, 0) is 12.8 Å². The Morgan fingerprint density at radius 3 is 3.07 bits per heavy atom. The van der Waals surface area contributed by atoms with E-state index in [4.69, 9.17) is 4.74 Å². The van der Waals surface area contributed by atoms with E-state index >= 15 is 0 Å². The molecule has 4 nitrogen and oxygen atoms in total. The molecule has 2 atom stereocenters. The molecule has 15 heavy (non-hydrogen) atoms. The number of carbonyl (C=O) groups excluding carboxylic acids is 2. The summed E-state index contributed by atoms with van der Waals surface area (Å²) in [7, 11) is 1.38. The van der Waals surface area contributed by atoms with Gasteiger partial charge >= 0.3 is 5.97 Å². The monoisotopic (exact) mass is 229 g/mol. The van der Waals surface area contributed by atoms with E-state index in [0.29, 0.717) is 12.2 Å². The maximum Gasteiger partial charge on any atom is 0.329 e. The van der Waals surface area contributed by atoms with E-state index in [9.17, 15) is 9.59 Å². The van der Waals surface area contributed by atoms with Crippen LogP contribution in [0.2, 0.25) is 0 Å². The van der Waals surface area contributed by atoms with E-state index in [1.807, 2.05) is 0 Å². The number of nitrogens with zero attached hydrogens (tertiary/aromatic N) is 1. The highest BCUT2D eigenvalue weighted by Gasteiger charge is 2.42. The number of ether oxygens (including phenoxy) is 1. The first kappa shape index (κ1) is 10.8. The van der Waals surface area contributed by atoms with Crippen LogP contribution in [0.25, 0.3) is 0 Å². The summed E-state index contributed by atoms with van der Waals surface area (Å²) in [6.07, 6.45) is 3.60. The summed E-state index contributed by atoms with van der Waals surface area (Å²) in [5.74, 6) is 0.515. The summed E-state index contributed by atoms with van der Waals surface area (Å²) in [6, 6.07) is -0.351. The Hall–Kier alpha value is -0.710. The van der Waals surface area contributed by atoms with Crippen LogP contribution in [0.5, 0.6) is 0 Å². The van der Waals surface area contributed by atoms with Crippen LogP contribution in [-0.4, -0.2) is 41.1 Å². The van der Waals surface area contributed by atoms with Gasteiger partial charge in [0.25, 0.3) is 0 Å². The van der Waals surface area contributed by atoms with Crippen molar-refractivity contribution in [3.05, 3.63) is 0 Å².